The average molecular weight is 409 g/mol. The van der Waals surface area contributed by atoms with Crippen molar-refractivity contribution in [2.24, 2.45) is 0 Å². The first-order valence-electron chi connectivity index (χ1n) is 8.74. The number of pyridine rings is 1. The highest BCUT2D eigenvalue weighted by Crippen LogP contribution is 2.30. The van der Waals surface area contributed by atoms with Crippen LogP contribution in [0.5, 0.6) is 6.01 Å². The fourth-order valence-electron chi connectivity index (χ4n) is 3.34. The highest BCUT2D eigenvalue weighted by atomic mass is 35.5. The number of hydrogen-bond donors (Lipinski definition) is 3. The van der Waals surface area contributed by atoms with Crippen molar-refractivity contribution in [2.45, 2.75) is 37.9 Å². The van der Waals surface area contributed by atoms with E-state index in [9.17, 15) is 5.11 Å². The van der Waals surface area contributed by atoms with E-state index in [1.807, 2.05) is 0 Å². The first kappa shape index (κ1) is 17.6. The third kappa shape index (κ3) is 3.15. The zero-order valence-corrected chi connectivity index (χ0v) is 15.5. The number of fused-ring (bicyclic) bond motifs is 2. The summed E-state index contributed by atoms with van der Waals surface area (Å²) in [5.41, 5.74) is 1.06. The molecule has 0 aromatic carbocycles. The number of nitrogens with zero attached hydrogens (tertiary/aromatic N) is 4. The van der Waals surface area contributed by atoms with Gasteiger partial charge in [-0.2, -0.15) is 9.97 Å². The molecule has 11 nitrogen and oxygen atoms in total. The van der Waals surface area contributed by atoms with E-state index in [4.69, 9.17) is 30.3 Å². The van der Waals surface area contributed by atoms with Gasteiger partial charge in [0.25, 0.3) is 6.01 Å². The smallest absolute Gasteiger partial charge is 0.296 e. The summed E-state index contributed by atoms with van der Waals surface area (Å²) in [5, 5.41) is 17.0. The van der Waals surface area contributed by atoms with Gasteiger partial charge >= 0.3 is 0 Å². The van der Waals surface area contributed by atoms with Gasteiger partial charge in [0, 0.05) is 0 Å². The van der Waals surface area contributed by atoms with Crippen molar-refractivity contribution in [3.05, 3.63) is 22.8 Å². The van der Waals surface area contributed by atoms with E-state index >= 15 is 0 Å². The van der Waals surface area contributed by atoms with Crippen LogP contribution in [0.3, 0.4) is 0 Å². The predicted molar refractivity (Wildman–Crippen MR) is 95.2 cm³/mol. The zero-order chi connectivity index (χ0) is 19.3. The summed E-state index contributed by atoms with van der Waals surface area (Å²) < 4.78 is 22.0. The Morgan fingerprint density at radius 1 is 1.29 bits per heavy atom. The van der Waals surface area contributed by atoms with Crippen LogP contribution in [0, 0.1) is 6.92 Å². The van der Waals surface area contributed by atoms with Crippen LogP contribution < -0.4 is 10.1 Å². The number of ether oxygens (including phenoxy) is 3. The molecule has 3 aromatic rings. The maximum atomic E-state index is 9.82. The van der Waals surface area contributed by atoms with E-state index in [0.717, 1.165) is 0 Å². The van der Waals surface area contributed by atoms with Crippen molar-refractivity contribution in [3.63, 3.8) is 0 Å². The number of aromatic nitrogens is 5. The molecule has 4 atom stereocenters. The monoisotopic (exact) mass is 408 g/mol. The number of aromatic amines is 1. The Labute approximate surface area is 163 Å². The van der Waals surface area contributed by atoms with Crippen molar-refractivity contribution < 1.29 is 23.8 Å². The molecular weight excluding hydrogens is 392 g/mol. The Bertz CT molecular complexity index is 1010. The van der Waals surface area contributed by atoms with Crippen LogP contribution in [0.15, 0.2) is 10.6 Å². The molecule has 148 valence electrons. The molecule has 0 radical (unpaired) electrons. The molecule has 5 rings (SSSR count). The maximum absolute atomic E-state index is 9.82. The minimum atomic E-state index is -0.633. The van der Waals surface area contributed by atoms with Crippen molar-refractivity contribution in [3.8, 4) is 6.01 Å². The average Bonchev–Trinajstić information content (AvgIpc) is 3.41. The van der Waals surface area contributed by atoms with Crippen LogP contribution in [-0.4, -0.2) is 67.8 Å². The zero-order valence-electron chi connectivity index (χ0n) is 14.8. The van der Waals surface area contributed by atoms with Crippen LogP contribution in [-0.2, 0) is 16.0 Å². The second-order valence-corrected chi connectivity index (χ2v) is 7.05. The molecule has 12 heteroatoms. The number of halogens is 1. The summed E-state index contributed by atoms with van der Waals surface area (Å²) in [6, 6.07) is 1.98. The number of H-pyrrole nitrogens is 1. The molecule has 0 aliphatic carbocycles. The van der Waals surface area contributed by atoms with Crippen molar-refractivity contribution in [1.82, 2.24) is 25.1 Å². The molecule has 5 heterocycles. The van der Waals surface area contributed by atoms with Gasteiger partial charge in [0.15, 0.2) is 17.6 Å². The number of imidazole rings is 1. The number of aryl methyl sites for hydroxylation is 1. The van der Waals surface area contributed by atoms with Gasteiger partial charge in [-0.3, -0.25) is 0 Å². The van der Waals surface area contributed by atoms with Crippen LogP contribution in [0.1, 0.15) is 11.7 Å². The van der Waals surface area contributed by atoms with Gasteiger partial charge in [-0.15, -0.1) is 0 Å². The molecule has 2 aliphatic heterocycles. The van der Waals surface area contributed by atoms with Crippen LogP contribution >= 0.6 is 11.6 Å². The Morgan fingerprint density at radius 2 is 2.14 bits per heavy atom. The molecule has 28 heavy (non-hydrogen) atoms. The summed E-state index contributed by atoms with van der Waals surface area (Å²) in [7, 11) is 0. The highest BCUT2D eigenvalue weighted by Gasteiger charge is 2.48. The topological polar surface area (TPSA) is 140 Å². The first-order valence-corrected chi connectivity index (χ1v) is 9.12. The van der Waals surface area contributed by atoms with Gasteiger partial charge in [-0.25, -0.2) is 4.98 Å². The fourth-order valence-corrected chi connectivity index (χ4v) is 3.55. The predicted octanol–water partition coefficient (Wildman–Crippen LogP) is 0.821. The Kier molecular flexibility index (Phi) is 4.31. The molecular formula is C16H17ClN6O5. The molecule has 2 aliphatic rings. The van der Waals surface area contributed by atoms with E-state index in [1.165, 1.54) is 0 Å². The van der Waals surface area contributed by atoms with E-state index in [2.05, 4.69) is 30.4 Å². The normalized spacial score (nSPS) is 26.7. The van der Waals surface area contributed by atoms with Crippen LogP contribution in [0.25, 0.3) is 11.2 Å². The largest absolute Gasteiger partial charge is 0.456 e. The molecule has 2 fully saturated rings. The van der Waals surface area contributed by atoms with E-state index in [0.29, 0.717) is 40.3 Å². The van der Waals surface area contributed by atoms with Crippen molar-refractivity contribution in [2.75, 3.05) is 18.5 Å². The molecule has 0 bridgehead atoms. The Hall–Kier alpha value is -2.47. The summed E-state index contributed by atoms with van der Waals surface area (Å²) >= 11 is 6.30. The Morgan fingerprint density at radius 3 is 2.96 bits per heavy atom. The summed E-state index contributed by atoms with van der Waals surface area (Å²) in [5.74, 6) is 1.42. The Balaban J connectivity index is 1.32. The lowest BCUT2D eigenvalue weighted by molar-refractivity contribution is 0.00706. The number of aliphatic hydroxyl groups excluding tert-OH is 1. The SMILES string of the molecule is Cc1noc(CNc2nc3nc(O[C@@H]4CO[C@H]5[C@@H]4OC[C@H]5O)[nH]c3cc2Cl)n1. The first-order chi connectivity index (χ1) is 13.6. The number of anilines is 1. The summed E-state index contributed by atoms with van der Waals surface area (Å²) in [6.07, 6.45) is -1.69. The third-order valence-corrected chi connectivity index (χ3v) is 4.91. The summed E-state index contributed by atoms with van der Waals surface area (Å²) in [4.78, 5) is 15.9. The fraction of sp³-hybridized carbons (Fsp3) is 0.500. The molecule has 0 amide bonds. The van der Waals surface area contributed by atoms with Gasteiger partial charge < -0.3 is 34.1 Å². The summed E-state index contributed by atoms with van der Waals surface area (Å²) in [6.45, 7) is 2.58. The molecule has 0 unspecified atom stereocenters. The molecule has 2 saturated heterocycles. The number of hydrogen-bond acceptors (Lipinski definition) is 10. The molecule has 0 saturated carbocycles. The van der Waals surface area contributed by atoms with E-state index < -0.39 is 6.10 Å². The second kappa shape index (κ2) is 6.85. The van der Waals surface area contributed by atoms with Crippen molar-refractivity contribution >= 4 is 28.6 Å². The third-order valence-electron chi connectivity index (χ3n) is 4.63. The lowest BCUT2D eigenvalue weighted by Gasteiger charge is -2.15. The standard InChI is InChI=1S/C16H17ClN6O5/c1-6-19-11(28-23-6)3-18-14-7(17)2-8-15(21-14)22-16(20-8)27-10-5-26-12-9(24)4-25-13(10)12/h2,9-10,12-13,24H,3-5H2,1H3,(H2,18,20,21,22)/t9-,10-,12-,13-/m1/s1. The van der Waals surface area contributed by atoms with Gasteiger partial charge in [0.2, 0.25) is 5.89 Å². The quantitative estimate of drug-likeness (QED) is 0.555. The van der Waals surface area contributed by atoms with E-state index in [1.54, 1.807) is 13.0 Å². The van der Waals surface area contributed by atoms with Gasteiger partial charge in [-0.05, 0) is 13.0 Å². The van der Waals surface area contributed by atoms with E-state index in [-0.39, 0.29) is 37.5 Å². The van der Waals surface area contributed by atoms with Gasteiger partial charge in [0.05, 0.1) is 30.3 Å². The van der Waals surface area contributed by atoms with Crippen LogP contribution in [0.4, 0.5) is 5.82 Å². The second-order valence-electron chi connectivity index (χ2n) is 6.64. The number of aliphatic hydroxyl groups is 1. The van der Waals surface area contributed by atoms with Gasteiger partial charge in [0.1, 0.15) is 24.1 Å². The minimum Gasteiger partial charge on any atom is -0.456 e. The highest BCUT2D eigenvalue weighted by molar-refractivity contribution is 6.33. The number of nitrogens with one attached hydrogen (secondary N) is 2. The molecule has 0 spiro atoms. The maximum Gasteiger partial charge on any atom is 0.296 e. The van der Waals surface area contributed by atoms with Crippen LogP contribution in [0.2, 0.25) is 5.02 Å². The minimum absolute atomic E-state index is 0.237. The molecule has 3 N–H and O–H groups in total. The lowest BCUT2D eigenvalue weighted by Crippen LogP contribution is -2.34. The molecule has 3 aromatic heterocycles. The number of rotatable bonds is 5. The lowest BCUT2D eigenvalue weighted by atomic mass is 10.1. The van der Waals surface area contributed by atoms with Crippen molar-refractivity contribution in [1.29, 1.82) is 0 Å². The van der Waals surface area contributed by atoms with Gasteiger partial charge in [-0.1, -0.05) is 16.8 Å².